The van der Waals surface area contributed by atoms with Gasteiger partial charge in [0.05, 0.1) is 24.4 Å². The van der Waals surface area contributed by atoms with E-state index < -0.39 is 0 Å². The van der Waals surface area contributed by atoms with Crippen molar-refractivity contribution < 1.29 is 18.8 Å². The lowest BCUT2D eigenvalue weighted by Gasteiger charge is -2.29. The number of aromatic amines is 1. The molecule has 0 unspecified atom stereocenters. The number of nitrogens with zero attached hydrogens (tertiary/aromatic N) is 4. The van der Waals surface area contributed by atoms with Gasteiger partial charge in [0.15, 0.2) is 11.4 Å². The number of hydrogen-bond donors (Lipinski definition) is 2. The van der Waals surface area contributed by atoms with Gasteiger partial charge in [0, 0.05) is 31.0 Å². The van der Waals surface area contributed by atoms with Crippen molar-refractivity contribution in [2.45, 2.75) is 31.5 Å². The van der Waals surface area contributed by atoms with E-state index in [0.717, 1.165) is 12.8 Å². The van der Waals surface area contributed by atoms with Crippen LogP contribution in [0.5, 0.6) is 0 Å². The van der Waals surface area contributed by atoms with Gasteiger partial charge < -0.3 is 19.5 Å². The number of rotatable bonds is 4. The molecule has 3 aliphatic heterocycles. The van der Waals surface area contributed by atoms with Gasteiger partial charge in [-0.2, -0.15) is 15.4 Å². The molecule has 2 N–H and O–H groups in total. The van der Waals surface area contributed by atoms with Gasteiger partial charge in [-0.05, 0) is 19.8 Å². The summed E-state index contributed by atoms with van der Waals surface area (Å²) in [6.07, 6.45) is 3.45. The molecule has 3 aliphatic rings. The Kier molecular flexibility index (Phi) is 3.58. The third-order valence-corrected chi connectivity index (χ3v) is 6.06. The van der Waals surface area contributed by atoms with Crippen LogP contribution in [-0.2, 0) is 4.74 Å². The van der Waals surface area contributed by atoms with Crippen LogP contribution in [0.3, 0.4) is 0 Å². The van der Waals surface area contributed by atoms with E-state index in [1.165, 1.54) is 6.20 Å². The average molecular weight is 372 g/mol. The third kappa shape index (κ3) is 2.54. The number of amides is 2. The summed E-state index contributed by atoms with van der Waals surface area (Å²) < 4.78 is 11.3. The number of fused-ring (bicyclic) bond motifs is 1. The van der Waals surface area contributed by atoms with Gasteiger partial charge in [-0.25, -0.2) is 0 Å². The van der Waals surface area contributed by atoms with Crippen LogP contribution >= 0.6 is 0 Å². The van der Waals surface area contributed by atoms with Crippen molar-refractivity contribution in [3.8, 4) is 0 Å². The number of aryl methyl sites for hydroxylation is 1. The number of nitrogens with one attached hydrogen (secondary N) is 2. The number of ether oxygens (including phenoxy) is 1. The molecule has 3 fully saturated rings. The summed E-state index contributed by atoms with van der Waals surface area (Å²) in [6, 6.07) is 1.61. The second-order valence-electron chi connectivity index (χ2n) is 7.60. The van der Waals surface area contributed by atoms with Crippen molar-refractivity contribution in [1.82, 2.24) is 30.8 Å². The summed E-state index contributed by atoms with van der Waals surface area (Å²) in [5.74, 6) is 0.579. The third-order valence-electron chi connectivity index (χ3n) is 6.06. The predicted molar refractivity (Wildman–Crippen MR) is 89.7 cm³/mol. The Morgan fingerprint density at radius 3 is 3.07 bits per heavy atom. The normalized spacial score (nSPS) is 31.3. The topological polar surface area (TPSA) is 126 Å². The lowest BCUT2D eigenvalue weighted by Crippen LogP contribution is -2.42. The minimum Gasteiger partial charge on any atom is -0.369 e. The van der Waals surface area contributed by atoms with Gasteiger partial charge >= 0.3 is 0 Å². The van der Waals surface area contributed by atoms with E-state index in [1.807, 2.05) is 0 Å². The maximum Gasteiger partial charge on any atom is 0.276 e. The highest BCUT2D eigenvalue weighted by molar-refractivity contribution is 5.92. The van der Waals surface area contributed by atoms with E-state index >= 15 is 0 Å². The largest absolute Gasteiger partial charge is 0.369 e. The molecule has 0 aliphatic carbocycles. The van der Waals surface area contributed by atoms with Gasteiger partial charge in [-0.1, -0.05) is 5.16 Å². The summed E-state index contributed by atoms with van der Waals surface area (Å²) in [7, 11) is 0. The Morgan fingerprint density at radius 2 is 2.33 bits per heavy atom. The zero-order valence-electron chi connectivity index (χ0n) is 14.8. The van der Waals surface area contributed by atoms with Crippen molar-refractivity contribution in [3.63, 3.8) is 0 Å². The van der Waals surface area contributed by atoms with Crippen LogP contribution in [0, 0.1) is 18.8 Å². The van der Waals surface area contributed by atoms with E-state index in [-0.39, 0.29) is 41.0 Å². The lowest BCUT2D eigenvalue weighted by atomic mass is 9.73. The van der Waals surface area contributed by atoms with Crippen molar-refractivity contribution in [2.24, 2.45) is 11.8 Å². The Bertz CT molecular complexity index is 880. The van der Waals surface area contributed by atoms with Gasteiger partial charge in [-0.3, -0.25) is 9.59 Å². The first kappa shape index (κ1) is 16.4. The van der Waals surface area contributed by atoms with Crippen molar-refractivity contribution in [2.75, 3.05) is 19.6 Å². The van der Waals surface area contributed by atoms with Crippen LogP contribution in [0.15, 0.2) is 16.8 Å². The van der Waals surface area contributed by atoms with E-state index in [1.54, 1.807) is 17.9 Å². The molecule has 10 heteroatoms. The Balaban J connectivity index is 1.28. The summed E-state index contributed by atoms with van der Waals surface area (Å²) in [6.45, 7) is 3.41. The van der Waals surface area contributed by atoms with Crippen LogP contribution in [0.25, 0.3) is 0 Å². The van der Waals surface area contributed by atoms with Gasteiger partial charge in [-0.15, -0.1) is 0 Å². The molecule has 2 aromatic heterocycles. The molecule has 0 saturated carbocycles. The second kappa shape index (κ2) is 5.88. The van der Waals surface area contributed by atoms with E-state index in [4.69, 9.17) is 9.26 Å². The first-order chi connectivity index (χ1) is 13.1. The minimum absolute atomic E-state index is 0.124. The van der Waals surface area contributed by atoms with E-state index in [9.17, 15) is 9.59 Å². The molecule has 5 heterocycles. The zero-order valence-corrected chi connectivity index (χ0v) is 14.8. The Labute approximate surface area is 154 Å². The predicted octanol–water partition coefficient (Wildman–Crippen LogP) is 0.151. The van der Waals surface area contributed by atoms with Crippen LogP contribution in [0.1, 0.15) is 39.6 Å². The summed E-state index contributed by atoms with van der Waals surface area (Å²) >= 11 is 0. The highest BCUT2D eigenvalue weighted by atomic mass is 16.5. The molecule has 0 radical (unpaired) electrons. The molecule has 2 aromatic rings. The molecule has 142 valence electrons. The van der Waals surface area contributed by atoms with E-state index in [2.05, 4.69) is 25.9 Å². The maximum atomic E-state index is 12.6. The standard InChI is InChI=1S/C17H20N6O4/c1-9-4-12(21-27-9)15(24)18-5-10-11-7-23(16(25)13-6-19-22-20-13)8-17(11)3-2-14(10)26-17/h4,6,10-11,14H,2-3,5,7-8H2,1H3,(H,18,24)(H,19,20,22)/t10-,11+,14+,17+/m0/s1. The number of carbonyl (C=O) groups is 2. The summed E-state index contributed by atoms with van der Waals surface area (Å²) in [4.78, 5) is 26.7. The average Bonchev–Trinajstić information content (AvgIpc) is 3.44. The smallest absolute Gasteiger partial charge is 0.276 e. The molecule has 2 amide bonds. The van der Waals surface area contributed by atoms with Gasteiger partial charge in [0.2, 0.25) is 0 Å². The number of aromatic nitrogens is 4. The van der Waals surface area contributed by atoms with Crippen molar-refractivity contribution in [3.05, 3.63) is 29.4 Å². The summed E-state index contributed by atoms with van der Waals surface area (Å²) in [5.41, 5.74) is 0.289. The Hall–Kier alpha value is -2.75. The molecule has 0 aromatic carbocycles. The maximum absolute atomic E-state index is 12.6. The molecule has 4 atom stereocenters. The quantitative estimate of drug-likeness (QED) is 0.782. The number of likely N-dealkylation sites (tertiary alicyclic amines) is 1. The van der Waals surface area contributed by atoms with Crippen LogP contribution < -0.4 is 5.32 Å². The highest BCUT2D eigenvalue weighted by Gasteiger charge is 2.63. The van der Waals surface area contributed by atoms with Gasteiger partial charge in [0.1, 0.15) is 5.76 Å². The molecule has 27 heavy (non-hydrogen) atoms. The molecule has 3 saturated heterocycles. The lowest BCUT2D eigenvalue weighted by molar-refractivity contribution is 0.00311. The van der Waals surface area contributed by atoms with E-state index in [0.29, 0.717) is 31.1 Å². The molecule has 1 spiro atoms. The Morgan fingerprint density at radius 1 is 1.44 bits per heavy atom. The van der Waals surface area contributed by atoms with Crippen LogP contribution in [-0.4, -0.2) is 68.6 Å². The minimum atomic E-state index is -0.302. The fourth-order valence-corrected chi connectivity index (χ4v) is 4.86. The fourth-order valence-electron chi connectivity index (χ4n) is 4.86. The molecular weight excluding hydrogens is 352 g/mol. The number of hydrogen-bond acceptors (Lipinski definition) is 7. The monoisotopic (exact) mass is 372 g/mol. The SMILES string of the molecule is Cc1cc(C(=O)NC[C@H]2[C@H]3CN(C(=O)c4cn[nH]n4)C[C@]34CC[C@H]2O4)no1. The second-order valence-corrected chi connectivity index (χ2v) is 7.60. The number of carbonyl (C=O) groups excluding carboxylic acids is 2. The zero-order chi connectivity index (χ0) is 18.6. The highest BCUT2D eigenvalue weighted by Crippen LogP contribution is 2.54. The van der Waals surface area contributed by atoms with Gasteiger partial charge in [0.25, 0.3) is 11.8 Å². The van der Waals surface area contributed by atoms with Crippen LogP contribution in [0.2, 0.25) is 0 Å². The molecular formula is C17H20N6O4. The fraction of sp³-hybridized carbons (Fsp3) is 0.588. The van der Waals surface area contributed by atoms with Crippen molar-refractivity contribution in [1.29, 1.82) is 0 Å². The van der Waals surface area contributed by atoms with Crippen molar-refractivity contribution >= 4 is 11.8 Å². The molecule has 2 bridgehead atoms. The van der Waals surface area contributed by atoms with Crippen LogP contribution in [0.4, 0.5) is 0 Å². The first-order valence-electron chi connectivity index (χ1n) is 9.10. The molecule has 10 nitrogen and oxygen atoms in total. The first-order valence-corrected chi connectivity index (χ1v) is 9.10. The number of H-pyrrole nitrogens is 1. The summed E-state index contributed by atoms with van der Waals surface area (Å²) in [5, 5.41) is 16.8. The molecule has 5 rings (SSSR count).